The Hall–Kier alpha value is -0.480. The third kappa shape index (κ3) is 2.30. The summed E-state index contributed by atoms with van der Waals surface area (Å²) in [7, 11) is 1.96. The minimum absolute atomic E-state index is 0.0761. The van der Waals surface area contributed by atoms with Gasteiger partial charge in [0.2, 0.25) is 0 Å². The van der Waals surface area contributed by atoms with Gasteiger partial charge < -0.3 is 9.67 Å². The first-order chi connectivity index (χ1) is 6.81. The van der Waals surface area contributed by atoms with Gasteiger partial charge in [-0.2, -0.15) is 0 Å². The van der Waals surface area contributed by atoms with Crippen molar-refractivity contribution in [1.82, 2.24) is 9.55 Å². The second kappa shape index (κ2) is 4.36. The van der Waals surface area contributed by atoms with Crippen molar-refractivity contribution in [2.24, 2.45) is 13.0 Å². The van der Waals surface area contributed by atoms with Crippen molar-refractivity contribution in [3.63, 3.8) is 0 Å². The van der Waals surface area contributed by atoms with E-state index in [1.807, 2.05) is 11.6 Å². The summed E-state index contributed by atoms with van der Waals surface area (Å²) in [6.45, 7) is 0.0761. The SMILES string of the molecule is Cn1c(CO)cnc1SCCC1CC1. The largest absolute Gasteiger partial charge is 0.390 e. The average molecular weight is 212 g/mol. The number of thioether (sulfide) groups is 1. The van der Waals surface area contributed by atoms with Crippen LogP contribution in [0.3, 0.4) is 0 Å². The number of aliphatic hydroxyl groups excluding tert-OH is 1. The highest BCUT2D eigenvalue weighted by Gasteiger charge is 2.20. The van der Waals surface area contributed by atoms with E-state index < -0.39 is 0 Å². The van der Waals surface area contributed by atoms with E-state index in [2.05, 4.69) is 4.98 Å². The van der Waals surface area contributed by atoms with Gasteiger partial charge >= 0.3 is 0 Å². The molecule has 0 radical (unpaired) electrons. The molecule has 0 amide bonds. The fraction of sp³-hybridized carbons (Fsp3) is 0.700. The van der Waals surface area contributed by atoms with Crippen LogP contribution in [0.2, 0.25) is 0 Å². The predicted molar refractivity (Wildman–Crippen MR) is 57.2 cm³/mol. The summed E-state index contributed by atoms with van der Waals surface area (Å²) in [6.07, 6.45) is 5.90. The van der Waals surface area contributed by atoms with Crippen molar-refractivity contribution in [3.05, 3.63) is 11.9 Å². The molecule has 1 saturated carbocycles. The smallest absolute Gasteiger partial charge is 0.167 e. The van der Waals surface area contributed by atoms with Crippen LogP contribution >= 0.6 is 11.8 Å². The van der Waals surface area contributed by atoms with Crippen LogP contribution in [0.1, 0.15) is 25.0 Å². The van der Waals surface area contributed by atoms with E-state index in [-0.39, 0.29) is 6.61 Å². The maximum absolute atomic E-state index is 8.99. The van der Waals surface area contributed by atoms with E-state index in [9.17, 15) is 0 Å². The van der Waals surface area contributed by atoms with E-state index in [4.69, 9.17) is 5.11 Å². The van der Waals surface area contributed by atoms with Gasteiger partial charge in [-0.25, -0.2) is 4.98 Å². The van der Waals surface area contributed by atoms with Crippen LogP contribution in [0.15, 0.2) is 11.4 Å². The van der Waals surface area contributed by atoms with Gasteiger partial charge in [0.1, 0.15) is 0 Å². The van der Waals surface area contributed by atoms with Crippen LogP contribution in [0.4, 0.5) is 0 Å². The van der Waals surface area contributed by atoms with Gasteiger partial charge in [0.15, 0.2) is 5.16 Å². The Labute approximate surface area is 88.5 Å². The highest BCUT2D eigenvalue weighted by Crippen LogP contribution is 2.34. The third-order valence-corrected chi connectivity index (χ3v) is 3.74. The first-order valence-corrected chi connectivity index (χ1v) is 6.04. The molecule has 4 heteroatoms. The molecule has 1 aliphatic carbocycles. The predicted octanol–water partition coefficient (Wildman–Crippen LogP) is 1.80. The molecule has 0 saturated heterocycles. The lowest BCUT2D eigenvalue weighted by molar-refractivity contribution is 0.271. The normalized spacial score (nSPS) is 16.1. The van der Waals surface area contributed by atoms with Crippen molar-refractivity contribution in [1.29, 1.82) is 0 Å². The van der Waals surface area contributed by atoms with Gasteiger partial charge in [-0.05, 0) is 12.3 Å². The number of imidazole rings is 1. The summed E-state index contributed by atoms with van der Waals surface area (Å²) in [5.74, 6) is 2.14. The highest BCUT2D eigenvalue weighted by molar-refractivity contribution is 7.99. The van der Waals surface area contributed by atoms with Gasteiger partial charge in [-0.3, -0.25) is 0 Å². The molecule has 0 spiro atoms. The van der Waals surface area contributed by atoms with E-state index in [0.717, 1.165) is 22.5 Å². The molecule has 0 bridgehead atoms. The second-order valence-corrected chi connectivity index (χ2v) is 4.89. The minimum atomic E-state index is 0.0761. The second-order valence-electron chi connectivity index (χ2n) is 3.83. The summed E-state index contributed by atoms with van der Waals surface area (Å²) in [5.41, 5.74) is 0.888. The molecule has 1 aromatic rings. The number of rotatable bonds is 5. The Morgan fingerprint density at radius 2 is 2.43 bits per heavy atom. The highest BCUT2D eigenvalue weighted by atomic mass is 32.2. The van der Waals surface area contributed by atoms with Crippen molar-refractivity contribution in [2.75, 3.05) is 5.75 Å². The third-order valence-electron chi connectivity index (χ3n) is 2.66. The summed E-state index contributed by atoms with van der Waals surface area (Å²) < 4.78 is 1.97. The lowest BCUT2D eigenvalue weighted by Gasteiger charge is -2.02. The number of nitrogens with zero attached hydrogens (tertiary/aromatic N) is 2. The minimum Gasteiger partial charge on any atom is -0.390 e. The summed E-state index contributed by atoms with van der Waals surface area (Å²) in [4.78, 5) is 4.27. The molecular weight excluding hydrogens is 196 g/mol. The van der Waals surface area contributed by atoms with Crippen LogP contribution in [-0.2, 0) is 13.7 Å². The molecule has 1 fully saturated rings. The molecule has 1 aliphatic rings. The molecule has 0 unspecified atom stereocenters. The van der Waals surface area contributed by atoms with Crippen LogP contribution in [0, 0.1) is 5.92 Å². The van der Waals surface area contributed by atoms with Gasteiger partial charge in [-0.1, -0.05) is 24.6 Å². The van der Waals surface area contributed by atoms with Crippen LogP contribution in [0.5, 0.6) is 0 Å². The number of hydrogen-bond donors (Lipinski definition) is 1. The Morgan fingerprint density at radius 1 is 1.64 bits per heavy atom. The van der Waals surface area contributed by atoms with Gasteiger partial charge in [0.05, 0.1) is 18.5 Å². The van der Waals surface area contributed by atoms with Crippen LogP contribution in [0.25, 0.3) is 0 Å². The fourth-order valence-electron chi connectivity index (χ4n) is 1.43. The van der Waals surface area contributed by atoms with E-state index in [1.165, 1.54) is 19.3 Å². The van der Waals surface area contributed by atoms with Gasteiger partial charge in [-0.15, -0.1) is 0 Å². The summed E-state index contributed by atoms with van der Waals surface area (Å²) >= 11 is 1.79. The molecule has 0 atom stereocenters. The van der Waals surface area contributed by atoms with Gasteiger partial charge in [0.25, 0.3) is 0 Å². The maximum atomic E-state index is 8.99. The monoisotopic (exact) mass is 212 g/mol. The lowest BCUT2D eigenvalue weighted by Crippen LogP contribution is -1.97. The first-order valence-electron chi connectivity index (χ1n) is 5.05. The Morgan fingerprint density at radius 3 is 3.00 bits per heavy atom. The average Bonchev–Trinajstić information content (AvgIpc) is 2.93. The van der Waals surface area contributed by atoms with Crippen molar-refractivity contribution >= 4 is 11.8 Å². The zero-order chi connectivity index (χ0) is 9.97. The zero-order valence-corrected chi connectivity index (χ0v) is 9.26. The van der Waals surface area contributed by atoms with E-state index in [0.29, 0.717) is 0 Å². The fourth-order valence-corrected chi connectivity index (χ4v) is 2.50. The van der Waals surface area contributed by atoms with E-state index in [1.54, 1.807) is 18.0 Å². The first kappa shape index (κ1) is 10.1. The molecule has 1 aromatic heterocycles. The Kier molecular flexibility index (Phi) is 3.13. The van der Waals surface area contributed by atoms with Crippen LogP contribution in [-0.4, -0.2) is 20.4 Å². The Balaban J connectivity index is 1.84. The van der Waals surface area contributed by atoms with E-state index >= 15 is 0 Å². The molecule has 1 heterocycles. The lowest BCUT2D eigenvalue weighted by atomic mass is 10.3. The van der Waals surface area contributed by atoms with Crippen molar-refractivity contribution in [3.8, 4) is 0 Å². The quantitative estimate of drug-likeness (QED) is 0.756. The molecule has 0 aliphatic heterocycles. The number of hydrogen-bond acceptors (Lipinski definition) is 3. The number of aliphatic hydroxyl groups is 1. The number of aromatic nitrogens is 2. The molecule has 14 heavy (non-hydrogen) atoms. The van der Waals surface area contributed by atoms with Crippen molar-refractivity contribution in [2.45, 2.75) is 31.0 Å². The molecule has 0 aromatic carbocycles. The summed E-state index contributed by atoms with van der Waals surface area (Å²) in [6, 6.07) is 0. The molecule has 78 valence electrons. The topological polar surface area (TPSA) is 38.0 Å². The standard InChI is InChI=1S/C10H16N2OS/c1-12-9(7-13)6-11-10(12)14-5-4-8-2-3-8/h6,8,13H,2-5,7H2,1H3. The molecule has 2 rings (SSSR count). The molecule has 1 N–H and O–H groups in total. The summed E-state index contributed by atoms with van der Waals surface area (Å²) in [5, 5.41) is 10.0. The zero-order valence-electron chi connectivity index (χ0n) is 8.44. The van der Waals surface area contributed by atoms with Gasteiger partial charge in [0, 0.05) is 12.8 Å². The maximum Gasteiger partial charge on any atom is 0.167 e. The molecular formula is C10H16N2OS. The van der Waals surface area contributed by atoms with Crippen LogP contribution < -0.4 is 0 Å². The van der Waals surface area contributed by atoms with Crippen molar-refractivity contribution < 1.29 is 5.11 Å². The Bertz CT molecular complexity index is 307. The molecule has 3 nitrogen and oxygen atoms in total.